The fourth-order valence-electron chi connectivity index (χ4n) is 3.23. The highest BCUT2D eigenvalue weighted by Gasteiger charge is 2.24. The van der Waals surface area contributed by atoms with Crippen LogP contribution >= 0.6 is 11.8 Å². The lowest BCUT2D eigenvalue weighted by Crippen LogP contribution is -2.36. The minimum absolute atomic E-state index is 0.101. The van der Waals surface area contributed by atoms with Crippen molar-refractivity contribution in [3.05, 3.63) is 47.3 Å². The van der Waals surface area contributed by atoms with Crippen LogP contribution in [0.15, 0.2) is 35.5 Å². The molecule has 1 amide bonds. The maximum atomic E-state index is 12.6. The molecule has 0 saturated heterocycles. The fourth-order valence-corrected chi connectivity index (χ4v) is 4.04. The highest BCUT2D eigenvalue weighted by Crippen LogP contribution is 2.28. The Morgan fingerprint density at radius 1 is 1.36 bits per heavy atom. The van der Waals surface area contributed by atoms with Crippen LogP contribution in [-0.2, 0) is 17.8 Å². The van der Waals surface area contributed by atoms with E-state index in [0.29, 0.717) is 23.3 Å². The summed E-state index contributed by atoms with van der Waals surface area (Å²) in [5.74, 6) is 0.856. The molecule has 0 bridgehead atoms. The third kappa shape index (κ3) is 3.19. The fraction of sp³-hybridized carbons (Fsp3) is 0.278. The van der Waals surface area contributed by atoms with Gasteiger partial charge in [0.1, 0.15) is 5.82 Å². The summed E-state index contributed by atoms with van der Waals surface area (Å²) in [6.07, 6.45) is 0.855. The van der Waals surface area contributed by atoms with E-state index in [9.17, 15) is 4.79 Å². The van der Waals surface area contributed by atoms with Crippen LogP contribution in [0.4, 0.5) is 5.82 Å². The Labute approximate surface area is 149 Å². The molecule has 4 rings (SSSR count). The Balaban J connectivity index is 1.46. The topological polar surface area (TPSA) is 87.9 Å². The van der Waals surface area contributed by atoms with Gasteiger partial charge in [-0.3, -0.25) is 4.79 Å². The summed E-state index contributed by atoms with van der Waals surface area (Å²) in [4.78, 5) is 26.5. The number of thioether (sulfide) groups is 1. The number of rotatable bonds is 3. The molecule has 3 heterocycles. The van der Waals surface area contributed by atoms with Gasteiger partial charge in [-0.25, -0.2) is 9.97 Å². The number of aromatic nitrogens is 3. The smallest absolute Gasteiger partial charge is 0.233 e. The van der Waals surface area contributed by atoms with E-state index in [-0.39, 0.29) is 5.91 Å². The second kappa shape index (κ2) is 6.40. The number of aromatic amines is 1. The Hall–Kier alpha value is -2.54. The molecule has 1 aromatic carbocycles. The van der Waals surface area contributed by atoms with E-state index in [0.717, 1.165) is 24.2 Å². The number of nitrogens with zero attached hydrogens (tertiary/aromatic N) is 3. The van der Waals surface area contributed by atoms with Gasteiger partial charge >= 0.3 is 0 Å². The molecule has 0 aliphatic carbocycles. The number of anilines is 1. The second-order valence-electron chi connectivity index (χ2n) is 6.20. The Bertz CT molecular complexity index is 932. The number of nitrogens with two attached hydrogens (primary N) is 1. The number of nitrogen functional groups attached to an aromatic ring is 1. The summed E-state index contributed by atoms with van der Waals surface area (Å²) in [7, 11) is 0. The number of hydrogen-bond acceptors (Lipinski definition) is 5. The largest absolute Gasteiger partial charge is 0.384 e. The first-order valence-corrected chi connectivity index (χ1v) is 9.19. The van der Waals surface area contributed by atoms with Gasteiger partial charge in [0.2, 0.25) is 5.91 Å². The van der Waals surface area contributed by atoms with Crippen molar-refractivity contribution in [2.75, 3.05) is 18.0 Å². The van der Waals surface area contributed by atoms with Gasteiger partial charge in [0.25, 0.3) is 0 Å². The van der Waals surface area contributed by atoms with Crippen molar-refractivity contribution in [2.24, 2.45) is 0 Å². The lowest BCUT2D eigenvalue weighted by Gasteiger charge is -2.27. The third-order valence-corrected chi connectivity index (χ3v) is 5.25. The first kappa shape index (κ1) is 16.0. The van der Waals surface area contributed by atoms with E-state index in [2.05, 4.69) is 27.1 Å². The molecular weight excluding hydrogens is 334 g/mol. The summed E-state index contributed by atoms with van der Waals surface area (Å²) < 4.78 is 0. The van der Waals surface area contributed by atoms with Gasteiger partial charge in [-0.15, -0.1) is 0 Å². The van der Waals surface area contributed by atoms with Crippen molar-refractivity contribution in [1.82, 2.24) is 19.9 Å². The molecule has 0 unspecified atom stereocenters. The van der Waals surface area contributed by atoms with Crippen LogP contribution in [0.1, 0.15) is 17.0 Å². The second-order valence-corrected chi connectivity index (χ2v) is 7.14. The van der Waals surface area contributed by atoms with Crippen molar-refractivity contribution in [1.29, 1.82) is 0 Å². The minimum Gasteiger partial charge on any atom is -0.384 e. The van der Waals surface area contributed by atoms with Gasteiger partial charge in [-0.1, -0.05) is 30.0 Å². The molecule has 7 heteroatoms. The summed E-state index contributed by atoms with van der Waals surface area (Å²) >= 11 is 1.34. The lowest BCUT2D eigenvalue weighted by molar-refractivity contribution is -0.129. The van der Waals surface area contributed by atoms with Gasteiger partial charge < -0.3 is 15.6 Å². The zero-order valence-corrected chi connectivity index (χ0v) is 14.8. The number of nitrogens with one attached hydrogen (secondary N) is 1. The molecule has 3 aromatic rings. The van der Waals surface area contributed by atoms with Crippen LogP contribution < -0.4 is 5.73 Å². The third-order valence-electron chi connectivity index (χ3n) is 4.41. The number of aryl methyl sites for hydroxylation is 1. The average molecular weight is 353 g/mol. The molecule has 6 nitrogen and oxygen atoms in total. The molecule has 1 aliphatic rings. The van der Waals surface area contributed by atoms with Crippen molar-refractivity contribution < 1.29 is 4.79 Å². The highest BCUT2D eigenvalue weighted by atomic mass is 32.2. The number of carbonyl (C=O) groups is 1. The molecule has 0 radical (unpaired) electrons. The average Bonchev–Trinajstić information content (AvgIpc) is 2.96. The molecule has 0 fully saturated rings. The predicted octanol–water partition coefficient (Wildman–Crippen LogP) is 2.53. The Kier molecular flexibility index (Phi) is 4.09. The van der Waals surface area contributed by atoms with Gasteiger partial charge in [0.05, 0.1) is 5.75 Å². The number of carbonyl (C=O) groups excluding carboxylic acids is 1. The van der Waals surface area contributed by atoms with E-state index >= 15 is 0 Å². The SMILES string of the molecule is Cc1cc(N)nc(SCC(=O)N2CCc3[nH]c4ccccc4c3C2)n1. The molecule has 2 aromatic heterocycles. The maximum absolute atomic E-state index is 12.6. The number of para-hydroxylation sites is 1. The summed E-state index contributed by atoms with van der Waals surface area (Å²) in [5.41, 5.74) is 10.2. The Morgan fingerprint density at radius 3 is 3.04 bits per heavy atom. The standard InChI is InChI=1S/C18H19N5OS/c1-11-8-16(19)22-18(20-11)25-10-17(24)23-7-6-15-13(9-23)12-4-2-3-5-14(12)21-15/h2-5,8,21H,6-7,9-10H2,1H3,(H2,19,20,22). The summed E-state index contributed by atoms with van der Waals surface area (Å²) in [6, 6.07) is 9.96. The van der Waals surface area contributed by atoms with Crippen LogP contribution in [-0.4, -0.2) is 38.1 Å². The van der Waals surface area contributed by atoms with Gasteiger partial charge in [-0.05, 0) is 13.0 Å². The molecule has 1 aliphatic heterocycles. The molecular formula is C18H19N5OS. The highest BCUT2D eigenvalue weighted by molar-refractivity contribution is 7.99. The minimum atomic E-state index is 0.101. The van der Waals surface area contributed by atoms with Crippen molar-refractivity contribution >= 4 is 34.4 Å². The van der Waals surface area contributed by atoms with Gasteiger partial charge in [0, 0.05) is 53.4 Å². The van der Waals surface area contributed by atoms with Crippen LogP contribution in [0.3, 0.4) is 0 Å². The maximum Gasteiger partial charge on any atom is 0.233 e. The number of amides is 1. The first-order valence-electron chi connectivity index (χ1n) is 8.20. The van der Waals surface area contributed by atoms with Crippen LogP contribution in [0.25, 0.3) is 10.9 Å². The van der Waals surface area contributed by atoms with Crippen LogP contribution in [0.2, 0.25) is 0 Å². The molecule has 25 heavy (non-hydrogen) atoms. The number of benzene rings is 1. The number of fused-ring (bicyclic) bond motifs is 3. The molecule has 128 valence electrons. The molecule has 0 atom stereocenters. The van der Waals surface area contributed by atoms with E-state index in [1.165, 1.54) is 28.4 Å². The van der Waals surface area contributed by atoms with Crippen molar-refractivity contribution in [3.63, 3.8) is 0 Å². The van der Waals surface area contributed by atoms with Crippen LogP contribution in [0.5, 0.6) is 0 Å². The van der Waals surface area contributed by atoms with E-state index in [4.69, 9.17) is 5.73 Å². The van der Waals surface area contributed by atoms with Crippen molar-refractivity contribution in [2.45, 2.75) is 25.0 Å². The van der Waals surface area contributed by atoms with Gasteiger partial charge in [-0.2, -0.15) is 0 Å². The van der Waals surface area contributed by atoms with Crippen LogP contribution in [0, 0.1) is 6.92 Å². The van der Waals surface area contributed by atoms with Gasteiger partial charge in [0.15, 0.2) is 5.16 Å². The predicted molar refractivity (Wildman–Crippen MR) is 99.3 cm³/mol. The van der Waals surface area contributed by atoms with E-state index in [1.807, 2.05) is 24.0 Å². The number of H-pyrrole nitrogens is 1. The van der Waals surface area contributed by atoms with E-state index in [1.54, 1.807) is 6.07 Å². The lowest BCUT2D eigenvalue weighted by atomic mass is 10.0. The quantitative estimate of drug-likeness (QED) is 0.558. The monoisotopic (exact) mass is 353 g/mol. The summed E-state index contributed by atoms with van der Waals surface area (Å²) in [5, 5.41) is 1.76. The first-order chi connectivity index (χ1) is 12.1. The number of hydrogen-bond donors (Lipinski definition) is 2. The van der Waals surface area contributed by atoms with Crippen molar-refractivity contribution in [3.8, 4) is 0 Å². The molecule has 3 N–H and O–H groups in total. The molecule has 0 saturated carbocycles. The summed E-state index contributed by atoms with van der Waals surface area (Å²) in [6.45, 7) is 3.25. The zero-order valence-electron chi connectivity index (χ0n) is 14.0. The Morgan fingerprint density at radius 2 is 2.20 bits per heavy atom. The van der Waals surface area contributed by atoms with E-state index < -0.39 is 0 Å². The zero-order chi connectivity index (χ0) is 17.4. The molecule has 0 spiro atoms. The normalized spacial score (nSPS) is 13.9.